The topological polar surface area (TPSA) is 93.5 Å². The second kappa shape index (κ2) is 5.47. The number of benzene rings is 1. The van der Waals surface area contributed by atoms with Gasteiger partial charge in [-0.05, 0) is 24.8 Å². The van der Waals surface area contributed by atoms with Crippen molar-refractivity contribution in [2.75, 3.05) is 23.8 Å². The molecule has 4 rings (SSSR count). The highest BCUT2D eigenvalue weighted by atomic mass is 35.5. The second-order valence-corrected chi connectivity index (χ2v) is 7.97. The van der Waals surface area contributed by atoms with Crippen molar-refractivity contribution >= 4 is 28.2 Å². The van der Waals surface area contributed by atoms with Gasteiger partial charge >= 0.3 is 5.69 Å². The minimum atomic E-state index is -0.915. The molecule has 2 fully saturated rings. The van der Waals surface area contributed by atoms with Crippen LogP contribution in [0.4, 0.5) is 10.1 Å². The van der Waals surface area contributed by atoms with Gasteiger partial charge in [-0.3, -0.25) is 9.36 Å². The third-order valence-corrected chi connectivity index (χ3v) is 5.86. The van der Waals surface area contributed by atoms with Crippen LogP contribution in [0.15, 0.2) is 15.7 Å². The molecule has 3 N–H and O–H groups in total. The molecule has 26 heavy (non-hydrogen) atoms. The molecule has 2 aliphatic rings. The van der Waals surface area contributed by atoms with Crippen LogP contribution in [0.25, 0.3) is 10.9 Å². The van der Waals surface area contributed by atoms with E-state index < -0.39 is 22.7 Å². The zero-order valence-electron chi connectivity index (χ0n) is 14.5. The predicted octanol–water partition coefficient (Wildman–Crippen LogP) is 1.21. The van der Waals surface area contributed by atoms with Gasteiger partial charge in [0, 0.05) is 19.1 Å². The van der Waals surface area contributed by atoms with Crippen LogP contribution in [0, 0.1) is 11.7 Å². The summed E-state index contributed by atoms with van der Waals surface area (Å²) in [6.45, 7) is 4.25. The fourth-order valence-corrected chi connectivity index (χ4v) is 3.93. The van der Waals surface area contributed by atoms with Crippen LogP contribution >= 0.6 is 11.6 Å². The first-order valence-corrected chi connectivity index (χ1v) is 8.95. The van der Waals surface area contributed by atoms with Gasteiger partial charge in [0.1, 0.15) is 11.4 Å². The lowest BCUT2D eigenvalue weighted by Gasteiger charge is -2.50. The lowest BCUT2D eigenvalue weighted by Crippen LogP contribution is -2.65. The molecule has 1 aromatic carbocycles. The van der Waals surface area contributed by atoms with Gasteiger partial charge in [-0.25, -0.2) is 9.18 Å². The zero-order valence-corrected chi connectivity index (χ0v) is 15.3. The summed E-state index contributed by atoms with van der Waals surface area (Å²) in [7, 11) is 0. The third-order valence-electron chi connectivity index (χ3n) is 5.50. The van der Waals surface area contributed by atoms with E-state index in [1.165, 1.54) is 4.57 Å². The number of nitrogens with two attached hydrogens (primary N) is 1. The van der Waals surface area contributed by atoms with Gasteiger partial charge < -0.3 is 15.8 Å². The van der Waals surface area contributed by atoms with Gasteiger partial charge in [0.25, 0.3) is 5.56 Å². The number of rotatable bonds is 3. The van der Waals surface area contributed by atoms with E-state index in [4.69, 9.17) is 17.4 Å². The van der Waals surface area contributed by atoms with Gasteiger partial charge in [-0.1, -0.05) is 25.4 Å². The maximum atomic E-state index is 14.8. The lowest BCUT2D eigenvalue weighted by molar-refractivity contribution is -0.0303. The van der Waals surface area contributed by atoms with Crippen LogP contribution < -0.4 is 22.0 Å². The summed E-state index contributed by atoms with van der Waals surface area (Å²) in [6, 6.07) is 0.980. The number of hydrogen-bond donors (Lipinski definition) is 2. The summed E-state index contributed by atoms with van der Waals surface area (Å²) in [4.78, 5) is 26.5. The number of halogens is 2. The van der Waals surface area contributed by atoms with E-state index in [9.17, 15) is 19.1 Å². The summed E-state index contributed by atoms with van der Waals surface area (Å²) < 4.78 is 16.7. The molecule has 7 nitrogen and oxygen atoms in total. The third kappa shape index (κ3) is 2.28. The van der Waals surface area contributed by atoms with Crippen molar-refractivity contribution in [1.29, 1.82) is 0 Å². The summed E-state index contributed by atoms with van der Waals surface area (Å²) in [5.74, 6) is 4.92. The SMILES string of the molecule is CC(C)C1(O)CN(c2c(F)cc3c(=O)n(N)c(=O)n(C4CC4)c3c2Cl)C1. The quantitative estimate of drug-likeness (QED) is 0.778. The molecular formula is C17H20ClFN4O3. The molecule has 0 unspecified atom stereocenters. The molecule has 1 aliphatic heterocycles. The Balaban J connectivity index is 1.95. The summed E-state index contributed by atoms with van der Waals surface area (Å²) in [6.07, 6.45) is 1.54. The van der Waals surface area contributed by atoms with E-state index in [1.807, 2.05) is 13.8 Å². The Morgan fingerprint density at radius 2 is 1.96 bits per heavy atom. The molecule has 140 valence electrons. The van der Waals surface area contributed by atoms with E-state index in [1.54, 1.807) is 4.90 Å². The first-order valence-electron chi connectivity index (χ1n) is 8.57. The Bertz CT molecular complexity index is 1040. The lowest BCUT2D eigenvalue weighted by atomic mass is 9.82. The van der Waals surface area contributed by atoms with Crippen LogP contribution in [0.2, 0.25) is 5.02 Å². The maximum absolute atomic E-state index is 14.8. The van der Waals surface area contributed by atoms with Crippen LogP contribution in [-0.4, -0.2) is 33.0 Å². The first-order chi connectivity index (χ1) is 12.2. The normalized spacial score (nSPS) is 19.2. The Labute approximate surface area is 153 Å². The summed E-state index contributed by atoms with van der Waals surface area (Å²) in [5, 5.41) is 10.4. The number of aliphatic hydroxyl groups is 1. The number of hydrogen-bond acceptors (Lipinski definition) is 5. The Kier molecular flexibility index (Phi) is 3.65. The minimum Gasteiger partial charge on any atom is -0.386 e. The molecule has 0 radical (unpaired) electrons. The predicted molar refractivity (Wildman–Crippen MR) is 97.9 cm³/mol. The summed E-state index contributed by atoms with van der Waals surface area (Å²) >= 11 is 6.49. The van der Waals surface area contributed by atoms with E-state index in [0.29, 0.717) is 4.68 Å². The van der Waals surface area contributed by atoms with E-state index in [-0.39, 0.29) is 46.7 Å². The monoisotopic (exact) mass is 382 g/mol. The van der Waals surface area contributed by atoms with Crippen molar-refractivity contribution in [3.63, 3.8) is 0 Å². The Hall–Kier alpha value is -2.06. The van der Waals surface area contributed by atoms with Gasteiger partial charge in [0.05, 0.1) is 21.6 Å². The van der Waals surface area contributed by atoms with E-state index >= 15 is 0 Å². The Morgan fingerprint density at radius 3 is 2.50 bits per heavy atom. The molecule has 0 amide bonds. The molecule has 2 aromatic rings. The number of aromatic nitrogens is 2. The highest BCUT2D eigenvalue weighted by molar-refractivity contribution is 6.38. The Morgan fingerprint density at radius 1 is 1.35 bits per heavy atom. The van der Waals surface area contributed by atoms with Crippen molar-refractivity contribution in [2.24, 2.45) is 5.92 Å². The second-order valence-electron chi connectivity index (χ2n) is 7.59. The molecule has 0 atom stereocenters. The van der Waals surface area contributed by atoms with Gasteiger partial charge in [-0.2, -0.15) is 4.68 Å². The van der Waals surface area contributed by atoms with Crippen LogP contribution in [0.1, 0.15) is 32.7 Å². The van der Waals surface area contributed by atoms with Crippen molar-refractivity contribution in [1.82, 2.24) is 9.24 Å². The van der Waals surface area contributed by atoms with E-state index in [2.05, 4.69) is 0 Å². The number of β-amino-alcohol motifs (C(OH)–C–C–N with tert-alkyl or cyclic N) is 1. The van der Waals surface area contributed by atoms with Crippen molar-refractivity contribution in [3.8, 4) is 0 Å². The molecule has 0 bridgehead atoms. The molecular weight excluding hydrogens is 363 g/mol. The van der Waals surface area contributed by atoms with Crippen molar-refractivity contribution in [3.05, 3.63) is 37.7 Å². The molecule has 1 aliphatic carbocycles. The minimum absolute atomic E-state index is 0.00695. The smallest absolute Gasteiger partial charge is 0.350 e. The summed E-state index contributed by atoms with van der Waals surface area (Å²) in [5.41, 5.74) is -2.04. The van der Waals surface area contributed by atoms with E-state index in [0.717, 1.165) is 18.9 Å². The number of nitrogens with zero attached hydrogens (tertiary/aromatic N) is 3. The van der Waals surface area contributed by atoms with Crippen LogP contribution in [0.3, 0.4) is 0 Å². The molecule has 0 spiro atoms. The molecule has 1 saturated heterocycles. The maximum Gasteiger partial charge on any atom is 0.350 e. The van der Waals surface area contributed by atoms with Crippen molar-refractivity contribution < 1.29 is 9.50 Å². The fraction of sp³-hybridized carbons (Fsp3) is 0.529. The zero-order chi connectivity index (χ0) is 19.0. The number of anilines is 1. The highest BCUT2D eigenvalue weighted by Crippen LogP contribution is 2.43. The van der Waals surface area contributed by atoms with Crippen molar-refractivity contribution in [2.45, 2.75) is 38.3 Å². The molecule has 1 aromatic heterocycles. The van der Waals surface area contributed by atoms with Gasteiger partial charge in [-0.15, -0.1) is 0 Å². The standard InChI is InChI=1S/C17H20ClFN4O3/c1-8(2)17(26)6-21(7-17)14-11(19)5-10-13(12(14)18)22(9-3-4-9)16(25)23(20)15(10)24/h5,8-9,26H,3-4,6-7,20H2,1-2H3. The fourth-order valence-electron chi connectivity index (χ4n) is 3.52. The first kappa shape index (κ1) is 17.4. The number of fused-ring (bicyclic) bond motifs is 1. The van der Waals surface area contributed by atoms with Crippen LogP contribution in [0.5, 0.6) is 0 Å². The number of nitrogen functional groups attached to an aromatic ring is 1. The van der Waals surface area contributed by atoms with Gasteiger partial charge in [0.2, 0.25) is 0 Å². The van der Waals surface area contributed by atoms with Crippen LogP contribution in [-0.2, 0) is 0 Å². The highest BCUT2D eigenvalue weighted by Gasteiger charge is 2.45. The average Bonchev–Trinajstić information content (AvgIpc) is 3.36. The average molecular weight is 383 g/mol. The molecule has 9 heteroatoms. The molecule has 1 saturated carbocycles. The largest absolute Gasteiger partial charge is 0.386 e. The molecule has 2 heterocycles. The van der Waals surface area contributed by atoms with Gasteiger partial charge in [0.15, 0.2) is 0 Å².